The van der Waals surface area contributed by atoms with Gasteiger partial charge in [0, 0.05) is 26.2 Å². The molecule has 0 radical (unpaired) electrons. The zero-order valence-corrected chi connectivity index (χ0v) is 10.8. The standard InChI is InChI=1S/C14H17N3O/c1-16(2)12-7-4-8-17-13(12)11(9-18)15-14(17)10-5-3-6-10/h4,7-10H,3,5-6H2,1-2H3. The first-order valence-corrected chi connectivity index (χ1v) is 6.36. The first-order valence-electron chi connectivity index (χ1n) is 6.36. The molecule has 0 spiro atoms. The molecule has 18 heavy (non-hydrogen) atoms. The van der Waals surface area contributed by atoms with Gasteiger partial charge in [0.2, 0.25) is 0 Å². The summed E-state index contributed by atoms with van der Waals surface area (Å²) in [5, 5.41) is 0. The zero-order valence-electron chi connectivity index (χ0n) is 10.8. The van der Waals surface area contributed by atoms with Gasteiger partial charge in [-0.1, -0.05) is 6.42 Å². The van der Waals surface area contributed by atoms with Gasteiger partial charge in [-0.25, -0.2) is 4.98 Å². The van der Waals surface area contributed by atoms with Gasteiger partial charge in [0.1, 0.15) is 11.5 Å². The van der Waals surface area contributed by atoms with E-state index >= 15 is 0 Å². The summed E-state index contributed by atoms with van der Waals surface area (Å²) in [5.74, 6) is 1.56. The second-order valence-corrected chi connectivity index (χ2v) is 5.11. The summed E-state index contributed by atoms with van der Waals surface area (Å²) in [5.41, 5.74) is 2.53. The second kappa shape index (κ2) is 4.12. The molecule has 0 bridgehead atoms. The molecule has 4 nitrogen and oxygen atoms in total. The molecule has 3 rings (SSSR count). The lowest BCUT2D eigenvalue weighted by Crippen LogP contribution is -2.13. The van der Waals surface area contributed by atoms with Crippen LogP contribution < -0.4 is 4.90 Å². The number of hydrogen-bond donors (Lipinski definition) is 0. The summed E-state index contributed by atoms with van der Waals surface area (Å²) in [6, 6.07) is 4.04. The van der Waals surface area contributed by atoms with E-state index in [1.54, 1.807) is 0 Å². The van der Waals surface area contributed by atoms with Gasteiger partial charge in [-0.3, -0.25) is 4.79 Å². The van der Waals surface area contributed by atoms with Gasteiger partial charge >= 0.3 is 0 Å². The quantitative estimate of drug-likeness (QED) is 0.777. The lowest BCUT2D eigenvalue weighted by Gasteiger charge is -2.24. The maximum Gasteiger partial charge on any atom is 0.170 e. The van der Waals surface area contributed by atoms with E-state index in [4.69, 9.17) is 0 Å². The normalized spacial score (nSPS) is 15.7. The molecule has 0 unspecified atom stereocenters. The molecule has 1 saturated carbocycles. The number of nitrogens with zero attached hydrogens (tertiary/aromatic N) is 3. The van der Waals surface area contributed by atoms with Crippen LogP contribution >= 0.6 is 0 Å². The molecule has 1 aliphatic rings. The number of aromatic nitrogens is 2. The molecule has 2 aromatic rings. The minimum Gasteiger partial charge on any atom is -0.376 e. The number of pyridine rings is 1. The van der Waals surface area contributed by atoms with Crippen LogP contribution in [0.2, 0.25) is 0 Å². The third-order valence-corrected chi connectivity index (χ3v) is 3.76. The number of aldehydes is 1. The summed E-state index contributed by atoms with van der Waals surface area (Å²) < 4.78 is 2.09. The maximum atomic E-state index is 11.2. The van der Waals surface area contributed by atoms with Crippen molar-refractivity contribution in [2.24, 2.45) is 0 Å². The highest BCUT2D eigenvalue weighted by molar-refractivity contribution is 5.91. The van der Waals surface area contributed by atoms with Crippen molar-refractivity contribution in [1.29, 1.82) is 0 Å². The smallest absolute Gasteiger partial charge is 0.170 e. The number of hydrogen-bond acceptors (Lipinski definition) is 3. The van der Waals surface area contributed by atoms with Crippen LogP contribution in [0.1, 0.15) is 41.5 Å². The zero-order chi connectivity index (χ0) is 12.7. The molecular formula is C14H17N3O. The molecule has 1 aliphatic carbocycles. The van der Waals surface area contributed by atoms with E-state index in [1.165, 1.54) is 19.3 Å². The van der Waals surface area contributed by atoms with Gasteiger partial charge in [-0.2, -0.15) is 0 Å². The number of imidazole rings is 1. The van der Waals surface area contributed by atoms with Crippen molar-refractivity contribution in [2.75, 3.05) is 19.0 Å². The molecular weight excluding hydrogens is 226 g/mol. The van der Waals surface area contributed by atoms with Gasteiger partial charge in [0.25, 0.3) is 0 Å². The number of carbonyl (C=O) groups excluding carboxylic acids is 1. The Morgan fingerprint density at radius 3 is 2.78 bits per heavy atom. The molecule has 2 heterocycles. The average molecular weight is 243 g/mol. The largest absolute Gasteiger partial charge is 0.376 e. The van der Waals surface area contributed by atoms with Crippen LogP contribution in [0.3, 0.4) is 0 Å². The lowest BCUT2D eigenvalue weighted by atomic mass is 9.85. The van der Waals surface area contributed by atoms with Crippen LogP contribution in [0.25, 0.3) is 5.52 Å². The highest BCUT2D eigenvalue weighted by Crippen LogP contribution is 2.37. The van der Waals surface area contributed by atoms with E-state index in [0.717, 1.165) is 23.3 Å². The SMILES string of the molecule is CN(C)c1cccn2c(C3CCC3)nc(C=O)c12. The van der Waals surface area contributed by atoms with Gasteiger partial charge in [0.15, 0.2) is 6.29 Å². The summed E-state index contributed by atoms with van der Waals surface area (Å²) in [6.45, 7) is 0. The van der Waals surface area contributed by atoms with Crippen molar-refractivity contribution in [1.82, 2.24) is 9.38 Å². The van der Waals surface area contributed by atoms with Crippen LogP contribution in [-0.4, -0.2) is 29.8 Å². The first-order chi connectivity index (χ1) is 8.72. The molecule has 0 amide bonds. The van der Waals surface area contributed by atoms with Crippen molar-refractivity contribution in [3.05, 3.63) is 29.8 Å². The maximum absolute atomic E-state index is 11.2. The van der Waals surface area contributed by atoms with Crippen molar-refractivity contribution < 1.29 is 4.79 Å². The lowest BCUT2D eigenvalue weighted by molar-refractivity contribution is 0.112. The topological polar surface area (TPSA) is 37.6 Å². The Morgan fingerprint density at radius 1 is 1.44 bits per heavy atom. The number of rotatable bonds is 3. The molecule has 94 valence electrons. The first kappa shape index (κ1) is 11.3. The van der Waals surface area contributed by atoms with Gasteiger partial charge in [0.05, 0.1) is 11.2 Å². The Morgan fingerprint density at radius 2 is 2.22 bits per heavy atom. The summed E-state index contributed by atoms with van der Waals surface area (Å²) >= 11 is 0. The predicted molar refractivity (Wildman–Crippen MR) is 71.5 cm³/mol. The Labute approximate surface area is 106 Å². The minimum atomic E-state index is 0.517. The minimum absolute atomic E-state index is 0.517. The summed E-state index contributed by atoms with van der Waals surface area (Å²) in [6.07, 6.45) is 6.51. The predicted octanol–water partition coefficient (Wildman–Crippen LogP) is 2.48. The molecule has 1 fully saturated rings. The van der Waals surface area contributed by atoms with E-state index in [1.807, 2.05) is 37.3 Å². The molecule has 0 aromatic carbocycles. The van der Waals surface area contributed by atoms with Crippen molar-refractivity contribution in [2.45, 2.75) is 25.2 Å². The van der Waals surface area contributed by atoms with Crippen LogP contribution in [-0.2, 0) is 0 Å². The molecule has 0 N–H and O–H groups in total. The van der Waals surface area contributed by atoms with Gasteiger partial charge < -0.3 is 9.30 Å². The van der Waals surface area contributed by atoms with E-state index in [0.29, 0.717) is 11.6 Å². The van der Waals surface area contributed by atoms with E-state index < -0.39 is 0 Å². The van der Waals surface area contributed by atoms with E-state index in [9.17, 15) is 4.79 Å². The molecule has 0 aliphatic heterocycles. The number of carbonyl (C=O) groups is 1. The molecule has 2 aromatic heterocycles. The van der Waals surface area contributed by atoms with Gasteiger partial charge in [-0.05, 0) is 25.0 Å². The fraction of sp³-hybridized carbons (Fsp3) is 0.429. The van der Waals surface area contributed by atoms with Crippen molar-refractivity contribution >= 4 is 17.5 Å². The van der Waals surface area contributed by atoms with E-state index in [-0.39, 0.29) is 0 Å². The monoisotopic (exact) mass is 243 g/mol. The molecule has 0 saturated heterocycles. The second-order valence-electron chi connectivity index (χ2n) is 5.11. The number of anilines is 1. The summed E-state index contributed by atoms with van der Waals surface area (Å²) in [4.78, 5) is 17.8. The Balaban J connectivity index is 2.27. The van der Waals surface area contributed by atoms with Crippen LogP contribution in [0.4, 0.5) is 5.69 Å². The Hall–Kier alpha value is -1.84. The van der Waals surface area contributed by atoms with Crippen LogP contribution in [0.5, 0.6) is 0 Å². The fourth-order valence-electron chi connectivity index (χ4n) is 2.57. The van der Waals surface area contributed by atoms with Crippen molar-refractivity contribution in [3.8, 4) is 0 Å². The van der Waals surface area contributed by atoms with Gasteiger partial charge in [-0.15, -0.1) is 0 Å². The summed E-state index contributed by atoms with van der Waals surface area (Å²) in [7, 11) is 3.97. The highest BCUT2D eigenvalue weighted by Gasteiger charge is 2.26. The van der Waals surface area contributed by atoms with Crippen molar-refractivity contribution in [3.63, 3.8) is 0 Å². The van der Waals surface area contributed by atoms with Crippen LogP contribution in [0, 0.1) is 0 Å². The highest BCUT2D eigenvalue weighted by atomic mass is 16.1. The third-order valence-electron chi connectivity index (χ3n) is 3.76. The van der Waals surface area contributed by atoms with E-state index in [2.05, 4.69) is 9.38 Å². The third kappa shape index (κ3) is 1.52. The van der Waals surface area contributed by atoms with Crippen LogP contribution in [0.15, 0.2) is 18.3 Å². The Bertz CT molecular complexity index is 596. The number of fused-ring (bicyclic) bond motifs is 1. The Kier molecular flexibility index (Phi) is 2.58. The average Bonchev–Trinajstić information content (AvgIpc) is 2.66. The fourth-order valence-corrected chi connectivity index (χ4v) is 2.57. The molecule has 0 atom stereocenters. The molecule has 4 heteroatoms.